The van der Waals surface area contributed by atoms with Crippen molar-refractivity contribution in [1.29, 1.82) is 0 Å². The summed E-state index contributed by atoms with van der Waals surface area (Å²) >= 11 is 9.98. The molecule has 2 saturated heterocycles. The van der Waals surface area contributed by atoms with Crippen LogP contribution in [0, 0.1) is 0 Å². The molecule has 0 aromatic heterocycles. The van der Waals surface area contributed by atoms with Gasteiger partial charge in [-0.1, -0.05) is 36.1 Å². The quantitative estimate of drug-likeness (QED) is 0.729. The van der Waals surface area contributed by atoms with E-state index in [1.807, 2.05) is 18.2 Å². The number of carbonyl (C=O) groups excluding carboxylic acids is 2. The van der Waals surface area contributed by atoms with Gasteiger partial charge in [0.25, 0.3) is 0 Å². The minimum absolute atomic E-state index is 0.0559. The molecule has 1 aromatic rings. The van der Waals surface area contributed by atoms with E-state index in [2.05, 4.69) is 21.2 Å². The van der Waals surface area contributed by atoms with Gasteiger partial charge in [0.05, 0.1) is 23.6 Å². The SMILES string of the molecule is O=C(CC1SC(=S)N(CC2CCCO2)C1=O)Nc1ccccc1Br. The van der Waals surface area contributed by atoms with Gasteiger partial charge in [-0.2, -0.15) is 0 Å². The third-order valence-corrected chi connectivity index (χ3v) is 6.21. The lowest BCUT2D eigenvalue weighted by Crippen LogP contribution is -2.38. The molecule has 0 aliphatic carbocycles. The van der Waals surface area contributed by atoms with Crippen LogP contribution in [-0.4, -0.2) is 45.5 Å². The van der Waals surface area contributed by atoms with Crippen LogP contribution in [0.25, 0.3) is 0 Å². The topological polar surface area (TPSA) is 58.6 Å². The van der Waals surface area contributed by atoms with E-state index < -0.39 is 5.25 Å². The number of anilines is 1. The van der Waals surface area contributed by atoms with E-state index in [1.54, 1.807) is 11.0 Å². The van der Waals surface area contributed by atoms with Crippen LogP contribution in [0.2, 0.25) is 0 Å². The van der Waals surface area contributed by atoms with Gasteiger partial charge in [0.15, 0.2) is 0 Å². The van der Waals surface area contributed by atoms with Gasteiger partial charge in [-0.3, -0.25) is 14.5 Å². The van der Waals surface area contributed by atoms with Crippen LogP contribution in [0.4, 0.5) is 5.69 Å². The van der Waals surface area contributed by atoms with Gasteiger partial charge in [0, 0.05) is 17.5 Å². The molecule has 8 heteroatoms. The van der Waals surface area contributed by atoms with Crippen molar-refractivity contribution >= 4 is 61.7 Å². The zero-order valence-electron chi connectivity index (χ0n) is 12.9. The van der Waals surface area contributed by atoms with E-state index >= 15 is 0 Å². The van der Waals surface area contributed by atoms with Crippen molar-refractivity contribution in [2.75, 3.05) is 18.5 Å². The second kappa shape index (κ2) is 7.95. The van der Waals surface area contributed by atoms with Crippen LogP contribution in [0.1, 0.15) is 19.3 Å². The van der Waals surface area contributed by atoms with E-state index in [4.69, 9.17) is 17.0 Å². The third kappa shape index (κ3) is 4.17. The number of benzene rings is 1. The molecule has 0 radical (unpaired) electrons. The lowest BCUT2D eigenvalue weighted by Gasteiger charge is -2.19. The maximum Gasteiger partial charge on any atom is 0.242 e. The first-order valence-corrected chi connectivity index (χ1v) is 9.80. The third-order valence-electron chi connectivity index (χ3n) is 3.93. The predicted molar refractivity (Wildman–Crippen MR) is 102 cm³/mol. The monoisotopic (exact) mass is 428 g/mol. The molecule has 2 atom stereocenters. The number of hydrogen-bond donors (Lipinski definition) is 1. The molecule has 2 aliphatic rings. The molecule has 2 amide bonds. The Kier molecular flexibility index (Phi) is 5.91. The molecule has 2 unspecified atom stereocenters. The summed E-state index contributed by atoms with van der Waals surface area (Å²) in [5.41, 5.74) is 0.691. The first kappa shape index (κ1) is 17.8. The summed E-state index contributed by atoms with van der Waals surface area (Å²) in [7, 11) is 0. The molecule has 5 nitrogen and oxygen atoms in total. The van der Waals surface area contributed by atoms with Gasteiger partial charge in [0.1, 0.15) is 4.32 Å². The fourth-order valence-corrected chi connectivity index (χ4v) is 4.61. The predicted octanol–water partition coefficient (Wildman–Crippen LogP) is 3.19. The maximum absolute atomic E-state index is 12.5. The van der Waals surface area contributed by atoms with Gasteiger partial charge in [-0.15, -0.1) is 0 Å². The zero-order chi connectivity index (χ0) is 17.1. The van der Waals surface area contributed by atoms with Crippen molar-refractivity contribution in [3.63, 3.8) is 0 Å². The highest BCUT2D eigenvalue weighted by Gasteiger charge is 2.39. The second-order valence-corrected chi connectivity index (χ2v) is 8.38. The minimum Gasteiger partial charge on any atom is -0.376 e. The van der Waals surface area contributed by atoms with E-state index in [9.17, 15) is 9.59 Å². The number of carbonyl (C=O) groups is 2. The van der Waals surface area contributed by atoms with Crippen LogP contribution in [0.5, 0.6) is 0 Å². The number of nitrogens with zero attached hydrogens (tertiary/aromatic N) is 1. The number of halogens is 1. The number of hydrogen-bond acceptors (Lipinski definition) is 5. The molecular formula is C16H17BrN2O3S2. The number of amides is 2. The van der Waals surface area contributed by atoms with Crippen molar-refractivity contribution in [2.45, 2.75) is 30.6 Å². The molecule has 24 heavy (non-hydrogen) atoms. The standard InChI is InChI=1S/C16H17BrN2O3S2/c17-11-5-1-2-6-12(11)18-14(20)8-13-15(21)19(16(23)24-13)9-10-4-3-7-22-10/h1-2,5-6,10,13H,3-4,7-9H2,(H,18,20). The molecule has 3 rings (SSSR count). The average molecular weight is 429 g/mol. The normalized spacial score (nSPS) is 23.8. The number of thioether (sulfide) groups is 1. The average Bonchev–Trinajstić information content (AvgIpc) is 3.14. The van der Waals surface area contributed by atoms with Gasteiger partial charge in [0.2, 0.25) is 11.8 Å². The molecule has 1 aromatic carbocycles. The van der Waals surface area contributed by atoms with E-state index in [1.165, 1.54) is 11.8 Å². The molecule has 1 N–H and O–H groups in total. The Morgan fingerprint density at radius 1 is 1.46 bits per heavy atom. The van der Waals surface area contributed by atoms with Crippen molar-refractivity contribution < 1.29 is 14.3 Å². The first-order valence-electron chi connectivity index (χ1n) is 7.72. The molecular weight excluding hydrogens is 412 g/mol. The summed E-state index contributed by atoms with van der Waals surface area (Å²) in [6, 6.07) is 7.37. The summed E-state index contributed by atoms with van der Waals surface area (Å²) in [5, 5.41) is 2.37. The minimum atomic E-state index is -0.457. The highest BCUT2D eigenvalue weighted by molar-refractivity contribution is 9.10. The van der Waals surface area contributed by atoms with Crippen LogP contribution in [-0.2, 0) is 14.3 Å². The lowest BCUT2D eigenvalue weighted by molar-refractivity contribution is -0.129. The Balaban J connectivity index is 1.57. The Labute approximate surface area is 158 Å². The maximum atomic E-state index is 12.5. The van der Waals surface area contributed by atoms with Crippen LogP contribution in [0.3, 0.4) is 0 Å². The van der Waals surface area contributed by atoms with Crippen molar-refractivity contribution in [1.82, 2.24) is 4.90 Å². The Morgan fingerprint density at radius 2 is 2.25 bits per heavy atom. The Morgan fingerprint density at radius 3 is 2.96 bits per heavy atom. The largest absolute Gasteiger partial charge is 0.376 e. The van der Waals surface area contributed by atoms with Gasteiger partial charge < -0.3 is 10.1 Å². The molecule has 2 heterocycles. The number of ether oxygens (including phenoxy) is 1. The van der Waals surface area contributed by atoms with Crippen molar-refractivity contribution in [2.24, 2.45) is 0 Å². The van der Waals surface area contributed by atoms with E-state index in [0.29, 0.717) is 16.6 Å². The molecule has 0 saturated carbocycles. The highest BCUT2D eigenvalue weighted by atomic mass is 79.9. The number of rotatable bonds is 5. The highest BCUT2D eigenvalue weighted by Crippen LogP contribution is 2.31. The van der Waals surface area contributed by atoms with Gasteiger partial charge >= 0.3 is 0 Å². The fraction of sp³-hybridized carbons (Fsp3) is 0.438. The number of thiocarbonyl (C=S) groups is 1. The van der Waals surface area contributed by atoms with E-state index in [-0.39, 0.29) is 24.3 Å². The fourth-order valence-electron chi connectivity index (χ4n) is 2.72. The number of nitrogens with one attached hydrogen (secondary N) is 1. The zero-order valence-corrected chi connectivity index (χ0v) is 16.1. The molecule has 2 aliphatic heterocycles. The Hall–Kier alpha value is -0.960. The number of para-hydroxylation sites is 1. The van der Waals surface area contributed by atoms with Crippen LogP contribution in [0.15, 0.2) is 28.7 Å². The van der Waals surface area contributed by atoms with Crippen LogP contribution >= 0.6 is 39.9 Å². The summed E-state index contributed by atoms with van der Waals surface area (Å²) in [6.45, 7) is 1.23. The molecule has 128 valence electrons. The molecule has 2 fully saturated rings. The summed E-state index contributed by atoms with van der Waals surface area (Å²) in [4.78, 5) is 26.4. The van der Waals surface area contributed by atoms with Crippen LogP contribution < -0.4 is 5.32 Å². The van der Waals surface area contributed by atoms with Gasteiger partial charge in [-0.25, -0.2) is 0 Å². The van der Waals surface area contributed by atoms with Crippen molar-refractivity contribution in [3.05, 3.63) is 28.7 Å². The summed E-state index contributed by atoms with van der Waals surface area (Å²) in [6.07, 6.45) is 2.13. The Bertz CT molecular complexity index is 664. The first-order chi connectivity index (χ1) is 11.5. The summed E-state index contributed by atoms with van der Waals surface area (Å²) < 4.78 is 6.91. The molecule has 0 bridgehead atoms. The lowest BCUT2D eigenvalue weighted by atomic mass is 10.2. The smallest absolute Gasteiger partial charge is 0.242 e. The van der Waals surface area contributed by atoms with Gasteiger partial charge in [-0.05, 0) is 40.9 Å². The molecule has 0 spiro atoms. The second-order valence-electron chi connectivity index (χ2n) is 5.69. The van der Waals surface area contributed by atoms with E-state index in [0.717, 1.165) is 23.9 Å². The van der Waals surface area contributed by atoms with Crippen molar-refractivity contribution in [3.8, 4) is 0 Å². The summed E-state index contributed by atoms with van der Waals surface area (Å²) in [5.74, 6) is -0.294.